The Balaban J connectivity index is 2.20. The second kappa shape index (κ2) is 5.28. The van der Waals surface area contributed by atoms with Crippen molar-refractivity contribution < 1.29 is 0 Å². The molecule has 0 heterocycles. The molecule has 0 bridgehead atoms. The van der Waals surface area contributed by atoms with Crippen molar-refractivity contribution >= 4 is 27.8 Å². The third-order valence-electron chi connectivity index (χ3n) is 2.72. The Labute approximate surface area is 110 Å². The first-order valence-corrected chi connectivity index (χ1v) is 6.31. The molecule has 0 saturated heterocycles. The Bertz CT molecular complexity index is 541. The van der Waals surface area contributed by atoms with Crippen molar-refractivity contribution in [1.29, 1.82) is 0 Å². The van der Waals surface area contributed by atoms with Crippen LogP contribution in [-0.2, 0) is 0 Å². The maximum atomic E-state index is 4.47. The van der Waals surface area contributed by atoms with Crippen molar-refractivity contribution in [3.05, 3.63) is 63.6 Å². The van der Waals surface area contributed by atoms with E-state index in [4.69, 9.17) is 0 Å². The standard InChI is InChI=1S/C15H14BrN/c1-11-3-8-15(9-12(11)2)17-10-13-4-6-14(16)7-5-13/h3-10H,1-2H3. The predicted octanol–water partition coefficient (Wildman–Crippen LogP) is 4.82. The van der Waals surface area contributed by atoms with Crippen LogP contribution in [0.2, 0.25) is 0 Å². The normalized spacial score (nSPS) is 11.0. The molecule has 0 aromatic heterocycles. The van der Waals surface area contributed by atoms with Gasteiger partial charge in [-0.15, -0.1) is 0 Å². The smallest absolute Gasteiger partial charge is 0.0632 e. The van der Waals surface area contributed by atoms with Gasteiger partial charge in [0.2, 0.25) is 0 Å². The van der Waals surface area contributed by atoms with Gasteiger partial charge >= 0.3 is 0 Å². The van der Waals surface area contributed by atoms with Gasteiger partial charge in [-0.1, -0.05) is 34.1 Å². The molecule has 0 spiro atoms. The summed E-state index contributed by atoms with van der Waals surface area (Å²) in [7, 11) is 0. The Morgan fingerprint density at radius 1 is 0.941 bits per heavy atom. The van der Waals surface area contributed by atoms with Crippen molar-refractivity contribution in [3.8, 4) is 0 Å². The molecule has 0 aliphatic rings. The SMILES string of the molecule is Cc1ccc(N=Cc2ccc(Br)cc2)cc1C. The molecule has 0 unspecified atom stereocenters. The summed E-state index contributed by atoms with van der Waals surface area (Å²) in [5.41, 5.74) is 4.67. The van der Waals surface area contributed by atoms with E-state index in [0.29, 0.717) is 0 Å². The molecular weight excluding hydrogens is 274 g/mol. The van der Waals surface area contributed by atoms with Gasteiger partial charge in [0.05, 0.1) is 5.69 Å². The number of aliphatic imine (C=N–C) groups is 1. The van der Waals surface area contributed by atoms with E-state index in [1.54, 1.807) is 0 Å². The van der Waals surface area contributed by atoms with Crippen molar-refractivity contribution in [2.24, 2.45) is 4.99 Å². The first-order valence-electron chi connectivity index (χ1n) is 5.52. The summed E-state index contributed by atoms with van der Waals surface area (Å²) in [4.78, 5) is 4.47. The van der Waals surface area contributed by atoms with Crippen LogP contribution >= 0.6 is 15.9 Å². The summed E-state index contributed by atoms with van der Waals surface area (Å²) < 4.78 is 1.08. The highest BCUT2D eigenvalue weighted by molar-refractivity contribution is 9.10. The molecule has 2 aromatic rings. The Hall–Kier alpha value is -1.41. The summed E-state index contributed by atoms with van der Waals surface area (Å²) in [5.74, 6) is 0. The Kier molecular flexibility index (Phi) is 3.75. The van der Waals surface area contributed by atoms with Crippen LogP contribution in [0.4, 0.5) is 5.69 Å². The lowest BCUT2D eigenvalue weighted by Crippen LogP contribution is -1.81. The van der Waals surface area contributed by atoms with E-state index in [1.807, 2.05) is 36.5 Å². The molecule has 86 valence electrons. The van der Waals surface area contributed by atoms with Crippen molar-refractivity contribution in [2.45, 2.75) is 13.8 Å². The largest absolute Gasteiger partial charge is 0.256 e. The van der Waals surface area contributed by atoms with Gasteiger partial charge in [-0.3, -0.25) is 4.99 Å². The van der Waals surface area contributed by atoms with E-state index >= 15 is 0 Å². The van der Waals surface area contributed by atoms with E-state index in [-0.39, 0.29) is 0 Å². The number of hydrogen-bond donors (Lipinski definition) is 0. The minimum absolute atomic E-state index is 0.996. The highest BCUT2D eigenvalue weighted by Crippen LogP contribution is 2.17. The molecule has 0 aliphatic heterocycles. The number of rotatable bonds is 2. The Morgan fingerprint density at radius 3 is 2.29 bits per heavy atom. The third kappa shape index (κ3) is 3.27. The highest BCUT2D eigenvalue weighted by atomic mass is 79.9. The van der Waals surface area contributed by atoms with Gasteiger partial charge < -0.3 is 0 Å². The lowest BCUT2D eigenvalue weighted by atomic mass is 10.1. The molecule has 2 aromatic carbocycles. The van der Waals surface area contributed by atoms with Gasteiger partial charge in [-0.25, -0.2) is 0 Å². The maximum Gasteiger partial charge on any atom is 0.0632 e. The van der Waals surface area contributed by atoms with Crippen molar-refractivity contribution in [2.75, 3.05) is 0 Å². The predicted molar refractivity (Wildman–Crippen MR) is 77.3 cm³/mol. The van der Waals surface area contributed by atoms with Crippen LogP contribution in [0.15, 0.2) is 51.9 Å². The lowest BCUT2D eigenvalue weighted by molar-refractivity contribution is 1.33. The van der Waals surface area contributed by atoms with Crippen LogP contribution in [0.1, 0.15) is 16.7 Å². The quantitative estimate of drug-likeness (QED) is 0.703. The van der Waals surface area contributed by atoms with E-state index < -0.39 is 0 Å². The molecule has 2 heteroatoms. The van der Waals surface area contributed by atoms with Crippen LogP contribution in [0.25, 0.3) is 0 Å². The summed E-state index contributed by atoms with van der Waals surface area (Å²) in [6.07, 6.45) is 1.89. The molecule has 0 fully saturated rings. The lowest BCUT2D eigenvalue weighted by Gasteiger charge is -2.00. The molecule has 2 rings (SSSR count). The second-order valence-corrected chi connectivity index (χ2v) is 4.99. The van der Waals surface area contributed by atoms with Gasteiger partial charge in [0.15, 0.2) is 0 Å². The molecule has 0 amide bonds. The van der Waals surface area contributed by atoms with Crippen molar-refractivity contribution in [3.63, 3.8) is 0 Å². The van der Waals surface area contributed by atoms with Crippen molar-refractivity contribution in [1.82, 2.24) is 0 Å². The van der Waals surface area contributed by atoms with E-state index in [1.165, 1.54) is 11.1 Å². The number of nitrogens with zero attached hydrogens (tertiary/aromatic N) is 1. The number of halogens is 1. The summed E-state index contributed by atoms with van der Waals surface area (Å²) >= 11 is 3.41. The number of benzene rings is 2. The second-order valence-electron chi connectivity index (χ2n) is 4.08. The first-order chi connectivity index (χ1) is 8.15. The van der Waals surface area contributed by atoms with Gasteiger partial charge in [-0.05, 0) is 54.8 Å². The van der Waals surface area contributed by atoms with Gasteiger partial charge in [0, 0.05) is 10.7 Å². The fourth-order valence-electron chi connectivity index (χ4n) is 1.50. The molecule has 1 nitrogen and oxygen atoms in total. The number of aryl methyl sites for hydroxylation is 2. The molecule has 17 heavy (non-hydrogen) atoms. The minimum Gasteiger partial charge on any atom is -0.256 e. The fraction of sp³-hybridized carbons (Fsp3) is 0.133. The topological polar surface area (TPSA) is 12.4 Å². The third-order valence-corrected chi connectivity index (χ3v) is 3.25. The molecule has 0 N–H and O–H groups in total. The van der Waals surface area contributed by atoms with E-state index in [9.17, 15) is 0 Å². The first kappa shape index (κ1) is 12.1. The van der Waals surface area contributed by atoms with E-state index in [0.717, 1.165) is 15.7 Å². The highest BCUT2D eigenvalue weighted by Gasteiger charge is 1.94. The summed E-state index contributed by atoms with van der Waals surface area (Å²) in [5, 5.41) is 0. The van der Waals surface area contributed by atoms with Gasteiger partial charge in [-0.2, -0.15) is 0 Å². The average Bonchev–Trinajstić information content (AvgIpc) is 2.33. The molecule has 0 saturated carbocycles. The monoisotopic (exact) mass is 287 g/mol. The van der Waals surface area contributed by atoms with Crippen LogP contribution in [0, 0.1) is 13.8 Å². The van der Waals surface area contributed by atoms with Crippen LogP contribution < -0.4 is 0 Å². The fourth-order valence-corrected chi connectivity index (χ4v) is 1.77. The van der Waals surface area contributed by atoms with Gasteiger partial charge in [0.25, 0.3) is 0 Å². The zero-order chi connectivity index (χ0) is 12.3. The maximum absolute atomic E-state index is 4.47. The summed E-state index contributed by atoms with van der Waals surface area (Å²) in [6, 6.07) is 14.3. The molecule has 0 radical (unpaired) electrons. The minimum atomic E-state index is 0.996. The van der Waals surface area contributed by atoms with Crippen LogP contribution in [0.3, 0.4) is 0 Å². The average molecular weight is 288 g/mol. The molecule has 0 aliphatic carbocycles. The zero-order valence-electron chi connectivity index (χ0n) is 9.94. The van der Waals surface area contributed by atoms with Crippen LogP contribution in [0.5, 0.6) is 0 Å². The van der Waals surface area contributed by atoms with Crippen LogP contribution in [-0.4, -0.2) is 6.21 Å². The molecule has 0 atom stereocenters. The number of hydrogen-bond acceptors (Lipinski definition) is 1. The molecular formula is C15H14BrN. The van der Waals surface area contributed by atoms with Gasteiger partial charge in [0.1, 0.15) is 0 Å². The van der Waals surface area contributed by atoms with E-state index in [2.05, 4.69) is 46.9 Å². The zero-order valence-corrected chi connectivity index (χ0v) is 11.5. The Morgan fingerprint density at radius 2 is 1.65 bits per heavy atom. The summed E-state index contributed by atoms with van der Waals surface area (Å²) in [6.45, 7) is 4.21.